The van der Waals surface area contributed by atoms with Crippen molar-refractivity contribution in [2.75, 3.05) is 33.4 Å². The molecule has 0 spiro atoms. The first kappa shape index (κ1) is 19.3. The summed E-state index contributed by atoms with van der Waals surface area (Å²) in [6, 6.07) is 8.05. The van der Waals surface area contributed by atoms with Crippen LogP contribution in [0.3, 0.4) is 0 Å². The van der Waals surface area contributed by atoms with Crippen LogP contribution >= 0.6 is 0 Å². The van der Waals surface area contributed by atoms with Gasteiger partial charge in [0.2, 0.25) is 0 Å². The molecule has 0 unspecified atom stereocenters. The summed E-state index contributed by atoms with van der Waals surface area (Å²) < 4.78 is 11.2. The lowest BCUT2D eigenvalue weighted by Crippen LogP contribution is -2.37. The number of hydrogen-bond acceptors (Lipinski definition) is 3. The van der Waals surface area contributed by atoms with Gasteiger partial charge >= 0.3 is 0 Å². The number of ether oxygens (including phenoxy) is 2. The lowest BCUT2D eigenvalue weighted by atomic mass is 10.2. The van der Waals surface area contributed by atoms with Gasteiger partial charge in [-0.05, 0) is 25.3 Å². The van der Waals surface area contributed by atoms with Crippen LogP contribution in [-0.4, -0.2) is 39.4 Å². The Kier molecular flexibility index (Phi) is 9.87. The minimum absolute atomic E-state index is 0.586. The zero-order valence-electron chi connectivity index (χ0n) is 14.9. The van der Waals surface area contributed by atoms with E-state index < -0.39 is 0 Å². The molecule has 0 saturated carbocycles. The Morgan fingerprint density at radius 3 is 2.70 bits per heavy atom. The van der Waals surface area contributed by atoms with Crippen molar-refractivity contribution >= 4 is 5.96 Å². The molecule has 0 radical (unpaired) electrons. The van der Waals surface area contributed by atoms with Crippen molar-refractivity contribution in [3.8, 4) is 5.75 Å². The van der Waals surface area contributed by atoms with E-state index in [4.69, 9.17) is 9.47 Å². The Labute approximate surface area is 140 Å². The fourth-order valence-corrected chi connectivity index (χ4v) is 2.05. The maximum Gasteiger partial charge on any atom is 0.191 e. The third-order valence-electron chi connectivity index (χ3n) is 3.15. The molecular formula is C18H31N3O2. The van der Waals surface area contributed by atoms with Gasteiger partial charge in [0.1, 0.15) is 5.75 Å². The fourth-order valence-electron chi connectivity index (χ4n) is 2.05. The molecule has 2 N–H and O–H groups in total. The molecular weight excluding hydrogens is 290 g/mol. The molecule has 0 fully saturated rings. The lowest BCUT2D eigenvalue weighted by molar-refractivity contribution is 0.108. The highest BCUT2D eigenvalue weighted by molar-refractivity contribution is 5.79. The molecule has 0 amide bonds. The van der Waals surface area contributed by atoms with Crippen LogP contribution in [0.1, 0.15) is 32.8 Å². The van der Waals surface area contributed by atoms with E-state index >= 15 is 0 Å². The fraction of sp³-hybridized carbons (Fsp3) is 0.611. The van der Waals surface area contributed by atoms with E-state index in [1.165, 1.54) is 0 Å². The maximum atomic E-state index is 5.63. The van der Waals surface area contributed by atoms with Crippen LogP contribution in [0.4, 0.5) is 0 Å². The number of aliphatic imine (C=N–C) groups is 1. The summed E-state index contributed by atoms with van der Waals surface area (Å²) >= 11 is 0. The average Bonchev–Trinajstić information content (AvgIpc) is 2.54. The van der Waals surface area contributed by atoms with Gasteiger partial charge in [0.05, 0.1) is 6.61 Å². The van der Waals surface area contributed by atoms with Crippen LogP contribution < -0.4 is 15.4 Å². The third kappa shape index (κ3) is 8.45. The van der Waals surface area contributed by atoms with Crippen LogP contribution in [0, 0.1) is 5.92 Å². The Balaban J connectivity index is 2.29. The predicted molar refractivity (Wildman–Crippen MR) is 96.1 cm³/mol. The van der Waals surface area contributed by atoms with E-state index in [0.717, 1.165) is 43.5 Å². The highest BCUT2D eigenvalue weighted by Crippen LogP contribution is 2.17. The van der Waals surface area contributed by atoms with Gasteiger partial charge in [-0.25, -0.2) is 0 Å². The minimum Gasteiger partial charge on any atom is -0.494 e. The highest BCUT2D eigenvalue weighted by atomic mass is 16.5. The number of guanidine groups is 1. The summed E-state index contributed by atoms with van der Waals surface area (Å²) in [7, 11) is 1.78. The van der Waals surface area contributed by atoms with Gasteiger partial charge in [-0.15, -0.1) is 0 Å². The second-order valence-corrected chi connectivity index (χ2v) is 5.72. The summed E-state index contributed by atoms with van der Waals surface area (Å²) in [5, 5.41) is 6.61. The second kappa shape index (κ2) is 11.8. The summed E-state index contributed by atoms with van der Waals surface area (Å²) in [6.07, 6.45) is 0.961. The molecule has 0 heterocycles. The molecule has 0 aromatic heterocycles. The Hall–Kier alpha value is -1.75. The second-order valence-electron chi connectivity index (χ2n) is 5.72. The van der Waals surface area contributed by atoms with E-state index in [1.54, 1.807) is 7.05 Å². The lowest BCUT2D eigenvalue weighted by Gasteiger charge is -2.14. The van der Waals surface area contributed by atoms with Gasteiger partial charge in [0.15, 0.2) is 5.96 Å². The molecule has 130 valence electrons. The van der Waals surface area contributed by atoms with Gasteiger partial charge in [0.25, 0.3) is 0 Å². The van der Waals surface area contributed by atoms with Crippen molar-refractivity contribution in [2.45, 2.75) is 33.7 Å². The topological polar surface area (TPSA) is 54.9 Å². The smallest absolute Gasteiger partial charge is 0.191 e. The minimum atomic E-state index is 0.586. The van der Waals surface area contributed by atoms with Crippen LogP contribution in [0.2, 0.25) is 0 Å². The van der Waals surface area contributed by atoms with Crippen molar-refractivity contribution in [1.29, 1.82) is 0 Å². The molecule has 0 aliphatic heterocycles. The van der Waals surface area contributed by atoms with Crippen molar-refractivity contribution in [3.63, 3.8) is 0 Å². The normalized spacial score (nSPS) is 11.6. The summed E-state index contributed by atoms with van der Waals surface area (Å²) in [4.78, 5) is 4.24. The van der Waals surface area contributed by atoms with Gasteiger partial charge in [0, 0.05) is 38.9 Å². The molecule has 0 atom stereocenters. The Morgan fingerprint density at radius 1 is 1.22 bits per heavy atom. The van der Waals surface area contributed by atoms with E-state index in [0.29, 0.717) is 19.1 Å². The summed E-state index contributed by atoms with van der Waals surface area (Å²) in [5.74, 6) is 2.29. The molecule has 0 aliphatic rings. The van der Waals surface area contributed by atoms with Gasteiger partial charge < -0.3 is 20.1 Å². The number of benzene rings is 1. The molecule has 5 heteroatoms. The van der Waals surface area contributed by atoms with Crippen LogP contribution in [0.15, 0.2) is 29.3 Å². The quantitative estimate of drug-likeness (QED) is 0.395. The first-order chi connectivity index (χ1) is 11.2. The Morgan fingerprint density at radius 2 is 2.00 bits per heavy atom. The van der Waals surface area contributed by atoms with Crippen LogP contribution in [0.5, 0.6) is 5.75 Å². The number of nitrogens with zero attached hydrogens (tertiary/aromatic N) is 1. The largest absolute Gasteiger partial charge is 0.494 e. The van der Waals surface area contributed by atoms with Gasteiger partial charge in [-0.2, -0.15) is 0 Å². The monoisotopic (exact) mass is 321 g/mol. The third-order valence-corrected chi connectivity index (χ3v) is 3.15. The molecule has 0 bridgehead atoms. The maximum absolute atomic E-state index is 5.63. The average molecular weight is 321 g/mol. The van der Waals surface area contributed by atoms with Crippen molar-refractivity contribution in [2.24, 2.45) is 10.9 Å². The number of hydrogen-bond donors (Lipinski definition) is 2. The van der Waals surface area contributed by atoms with E-state index in [9.17, 15) is 0 Å². The molecule has 5 nitrogen and oxygen atoms in total. The molecule has 1 aromatic rings. The zero-order valence-corrected chi connectivity index (χ0v) is 14.9. The van der Waals surface area contributed by atoms with E-state index in [-0.39, 0.29) is 0 Å². The molecule has 23 heavy (non-hydrogen) atoms. The number of para-hydroxylation sites is 1. The molecule has 0 saturated heterocycles. The summed E-state index contributed by atoms with van der Waals surface area (Å²) in [5.41, 5.74) is 1.12. The SMILES string of the molecule is CCOc1ccccc1CNC(=NC)NCCCOCC(C)C. The first-order valence-corrected chi connectivity index (χ1v) is 8.40. The van der Waals surface area contributed by atoms with Crippen molar-refractivity contribution in [3.05, 3.63) is 29.8 Å². The molecule has 1 aromatic carbocycles. The Bertz CT molecular complexity index is 461. The first-order valence-electron chi connectivity index (χ1n) is 8.40. The van der Waals surface area contributed by atoms with Crippen LogP contribution in [0.25, 0.3) is 0 Å². The highest BCUT2D eigenvalue weighted by Gasteiger charge is 2.03. The zero-order chi connectivity index (χ0) is 16.9. The standard InChI is InChI=1S/C18H31N3O2/c1-5-23-17-10-7-6-9-16(17)13-21-18(19-4)20-11-8-12-22-14-15(2)3/h6-7,9-10,15H,5,8,11-14H2,1-4H3,(H2,19,20,21). The molecule has 0 aliphatic carbocycles. The number of rotatable bonds is 10. The molecule has 1 rings (SSSR count). The van der Waals surface area contributed by atoms with Crippen molar-refractivity contribution in [1.82, 2.24) is 10.6 Å². The number of nitrogens with one attached hydrogen (secondary N) is 2. The van der Waals surface area contributed by atoms with Gasteiger partial charge in [-0.1, -0.05) is 32.0 Å². The van der Waals surface area contributed by atoms with Crippen LogP contribution in [-0.2, 0) is 11.3 Å². The van der Waals surface area contributed by atoms with Gasteiger partial charge in [-0.3, -0.25) is 4.99 Å². The predicted octanol–water partition coefficient (Wildman–Crippen LogP) is 2.81. The van der Waals surface area contributed by atoms with E-state index in [1.807, 2.05) is 25.1 Å². The van der Waals surface area contributed by atoms with Crippen molar-refractivity contribution < 1.29 is 9.47 Å². The van der Waals surface area contributed by atoms with E-state index in [2.05, 4.69) is 35.5 Å². The summed E-state index contributed by atoms with van der Waals surface area (Å²) in [6.45, 7) is 10.1.